The van der Waals surface area contributed by atoms with E-state index in [1.807, 2.05) is 82.8 Å². The van der Waals surface area contributed by atoms with Crippen LogP contribution >= 0.6 is 11.3 Å². The molecular formula is C26H24N4O2S. The normalized spacial score (nSPS) is 20.5. The average molecular weight is 457 g/mol. The van der Waals surface area contributed by atoms with Gasteiger partial charge < -0.3 is 9.47 Å². The Hall–Kier alpha value is -3.45. The lowest BCUT2D eigenvalue weighted by Gasteiger charge is -2.41. The summed E-state index contributed by atoms with van der Waals surface area (Å²) in [6, 6.07) is 19.7. The van der Waals surface area contributed by atoms with Gasteiger partial charge in [0.2, 0.25) is 17.8 Å². The van der Waals surface area contributed by atoms with Gasteiger partial charge in [-0.25, -0.2) is 4.98 Å². The Balaban J connectivity index is 1.40. The lowest BCUT2D eigenvalue weighted by molar-refractivity contribution is -0.127. The van der Waals surface area contributed by atoms with Crippen molar-refractivity contribution >= 4 is 45.8 Å². The van der Waals surface area contributed by atoms with Crippen LogP contribution in [0.15, 0.2) is 66.0 Å². The molecule has 2 unspecified atom stereocenters. The maximum atomic E-state index is 14.0. The molecule has 33 heavy (non-hydrogen) atoms. The van der Waals surface area contributed by atoms with Crippen LogP contribution in [0.2, 0.25) is 0 Å². The minimum atomic E-state index is -0.325. The number of piperidine rings is 1. The number of hydrogen-bond donors (Lipinski definition) is 0. The number of aryl methyl sites for hydroxylation is 1. The van der Waals surface area contributed by atoms with Crippen LogP contribution in [-0.2, 0) is 16.1 Å². The second kappa shape index (κ2) is 7.85. The van der Waals surface area contributed by atoms with Gasteiger partial charge in [-0.05, 0) is 49.1 Å². The second-order valence-electron chi connectivity index (χ2n) is 8.75. The third kappa shape index (κ3) is 3.26. The van der Waals surface area contributed by atoms with Gasteiger partial charge in [-0.15, -0.1) is 11.3 Å². The molecule has 6 rings (SSSR count). The molecule has 0 radical (unpaired) electrons. The number of benzene rings is 2. The lowest BCUT2D eigenvalue weighted by Crippen LogP contribution is -2.49. The molecule has 1 fully saturated rings. The third-order valence-corrected chi connectivity index (χ3v) is 7.69. The first kappa shape index (κ1) is 20.2. The molecule has 0 spiro atoms. The number of fused-ring (bicyclic) bond motifs is 3. The molecule has 2 aliphatic heterocycles. The van der Waals surface area contributed by atoms with Crippen LogP contribution in [0.4, 0.5) is 11.6 Å². The molecule has 166 valence electrons. The number of carbonyl (C=O) groups is 2. The van der Waals surface area contributed by atoms with Crippen molar-refractivity contribution in [1.29, 1.82) is 0 Å². The number of para-hydroxylation sites is 2. The summed E-state index contributed by atoms with van der Waals surface area (Å²) >= 11 is 1.60. The van der Waals surface area contributed by atoms with E-state index in [0.29, 0.717) is 25.3 Å². The zero-order valence-corrected chi connectivity index (χ0v) is 19.2. The second-order valence-corrected chi connectivity index (χ2v) is 9.73. The predicted molar refractivity (Wildman–Crippen MR) is 131 cm³/mol. The van der Waals surface area contributed by atoms with E-state index in [4.69, 9.17) is 4.98 Å². The largest absolute Gasteiger partial charge is 0.308 e. The quantitative estimate of drug-likeness (QED) is 0.439. The molecule has 4 aromatic rings. The summed E-state index contributed by atoms with van der Waals surface area (Å²) in [6.45, 7) is 3.38. The fourth-order valence-electron chi connectivity index (χ4n) is 5.14. The lowest BCUT2D eigenvalue weighted by atomic mass is 9.86. The van der Waals surface area contributed by atoms with E-state index >= 15 is 0 Å². The summed E-state index contributed by atoms with van der Waals surface area (Å²) in [6.07, 6.45) is 0.899. The van der Waals surface area contributed by atoms with Crippen LogP contribution in [0.3, 0.4) is 0 Å². The first-order chi connectivity index (χ1) is 16.1. The maximum absolute atomic E-state index is 14.0. The fourth-order valence-corrected chi connectivity index (χ4v) is 6.02. The molecule has 1 saturated heterocycles. The smallest absolute Gasteiger partial charge is 0.234 e. The highest BCUT2D eigenvalue weighted by Gasteiger charge is 2.45. The molecule has 2 atom stereocenters. The number of imidazole rings is 1. The summed E-state index contributed by atoms with van der Waals surface area (Å²) in [7, 11) is 0. The van der Waals surface area contributed by atoms with Crippen molar-refractivity contribution in [1.82, 2.24) is 9.55 Å². The molecule has 0 bridgehead atoms. The number of nitrogens with zero attached hydrogens (tertiary/aromatic N) is 4. The molecule has 4 heterocycles. The highest BCUT2D eigenvalue weighted by Crippen LogP contribution is 2.43. The molecule has 6 nitrogen and oxygen atoms in total. The summed E-state index contributed by atoms with van der Waals surface area (Å²) in [4.78, 5) is 36.7. The summed E-state index contributed by atoms with van der Waals surface area (Å²) in [5.41, 5.74) is 3.94. The van der Waals surface area contributed by atoms with Crippen molar-refractivity contribution in [3.8, 4) is 0 Å². The van der Waals surface area contributed by atoms with Crippen LogP contribution in [0.25, 0.3) is 11.0 Å². The molecule has 0 aliphatic carbocycles. The molecule has 2 amide bonds. The fraction of sp³-hybridized carbons (Fsp3) is 0.269. The first-order valence-electron chi connectivity index (χ1n) is 11.3. The molecule has 2 aromatic carbocycles. The molecule has 0 saturated carbocycles. The predicted octanol–water partition coefficient (Wildman–Crippen LogP) is 4.94. The van der Waals surface area contributed by atoms with Crippen molar-refractivity contribution in [2.45, 2.75) is 32.4 Å². The SMILES string of the molecule is Cc1ccc(N2C(=O)CCC(C(=O)N3CCn4c3nc3ccccc34)C2c2cccs2)cc1. The van der Waals surface area contributed by atoms with Crippen molar-refractivity contribution in [3.63, 3.8) is 0 Å². The van der Waals surface area contributed by atoms with Gasteiger partial charge in [0, 0.05) is 30.1 Å². The van der Waals surface area contributed by atoms with Crippen LogP contribution in [0.5, 0.6) is 0 Å². The molecule has 2 aliphatic rings. The van der Waals surface area contributed by atoms with E-state index in [1.54, 1.807) is 11.3 Å². The summed E-state index contributed by atoms with van der Waals surface area (Å²) < 4.78 is 2.12. The van der Waals surface area contributed by atoms with Gasteiger partial charge in [0.15, 0.2) is 0 Å². The zero-order valence-electron chi connectivity index (χ0n) is 18.3. The van der Waals surface area contributed by atoms with Gasteiger partial charge in [-0.2, -0.15) is 0 Å². The highest BCUT2D eigenvalue weighted by atomic mass is 32.1. The summed E-state index contributed by atoms with van der Waals surface area (Å²) in [5, 5.41) is 2.01. The Bertz CT molecular complexity index is 1340. The van der Waals surface area contributed by atoms with Crippen molar-refractivity contribution in [3.05, 3.63) is 76.5 Å². The molecule has 7 heteroatoms. The number of carbonyl (C=O) groups excluding carboxylic acids is 2. The van der Waals surface area contributed by atoms with Gasteiger partial charge in [0.05, 0.1) is 23.0 Å². The maximum Gasteiger partial charge on any atom is 0.234 e. The average Bonchev–Trinajstić information content (AvgIpc) is 3.56. The van der Waals surface area contributed by atoms with E-state index in [9.17, 15) is 9.59 Å². The van der Waals surface area contributed by atoms with Crippen LogP contribution in [0.1, 0.15) is 29.3 Å². The third-order valence-electron chi connectivity index (χ3n) is 6.75. The first-order valence-corrected chi connectivity index (χ1v) is 12.2. The van der Waals surface area contributed by atoms with Gasteiger partial charge in [-0.3, -0.25) is 14.5 Å². The van der Waals surface area contributed by atoms with Gasteiger partial charge in [0.25, 0.3) is 0 Å². The Morgan fingerprint density at radius 2 is 1.85 bits per heavy atom. The number of hydrogen-bond acceptors (Lipinski definition) is 4. The van der Waals surface area contributed by atoms with Crippen LogP contribution in [-0.4, -0.2) is 27.9 Å². The van der Waals surface area contributed by atoms with E-state index < -0.39 is 0 Å². The number of amides is 2. The number of anilines is 2. The summed E-state index contributed by atoms with van der Waals surface area (Å²) in [5.74, 6) is 0.501. The van der Waals surface area contributed by atoms with Crippen molar-refractivity contribution in [2.24, 2.45) is 5.92 Å². The Labute approximate surface area is 196 Å². The van der Waals surface area contributed by atoms with E-state index in [2.05, 4.69) is 4.57 Å². The highest BCUT2D eigenvalue weighted by molar-refractivity contribution is 7.10. The topological polar surface area (TPSA) is 58.4 Å². The van der Waals surface area contributed by atoms with E-state index in [-0.39, 0.29) is 23.8 Å². The number of aromatic nitrogens is 2. The van der Waals surface area contributed by atoms with Gasteiger partial charge >= 0.3 is 0 Å². The van der Waals surface area contributed by atoms with E-state index in [0.717, 1.165) is 33.7 Å². The van der Waals surface area contributed by atoms with E-state index in [1.165, 1.54) is 0 Å². The van der Waals surface area contributed by atoms with Crippen molar-refractivity contribution < 1.29 is 9.59 Å². The Morgan fingerprint density at radius 3 is 2.64 bits per heavy atom. The monoisotopic (exact) mass is 456 g/mol. The number of thiophene rings is 1. The minimum Gasteiger partial charge on any atom is -0.308 e. The molecular weight excluding hydrogens is 432 g/mol. The molecule has 2 aromatic heterocycles. The Kier molecular flexibility index (Phi) is 4.80. The Morgan fingerprint density at radius 1 is 1.03 bits per heavy atom. The van der Waals surface area contributed by atoms with Gasteiger partial charge in [-0.1, -0.05) is 35.9 Å². The van der Waals surface area contributed by atoms with Crippen LogP contribution < -0.4 is 9.80 Å². The van der Waals surface area contributed by atoms with Crippen molar-refractivity contribution in [2.75, 3.05) is 16.3 Å². The van der Waals surface area contributed by atoms with Crippen LogP contribution in [0, 0.1) is 12.8 Å². The standard InChI is InChI=1S/C26H24N4O2S/c1-17-8-10-18(11-9-17)30-23(31)13-12-19(24(30)22-7-4-16-33-22)25(32)29-15-14-28-21-6-3-2-5-20(21)27-26(28)29/h2-11,16,19,24H,12-15H2,1H3. The minimum absolute atomic E-state index is 0.0482. The zero-order chi connectivity index (χ0) is 22.5. The molecule has 0 N–H and O–H groups in total. The van der Waals surface area contributed by atoms with Gasteiger partial charge in [0.1, 0.15) is 0 Å². The number of rotatable bonds is 3.